The smallest absolute Gasteiger partial charge is 0.321 e. The number of hydrogen-bond donors (Lipinski definition) is 1. The van der Waals surface area contributed by atoms with Crippen molar-refractivity contribution in [3.63, 3.8) is 0 Å². The van der Waals surface area contributed by atoms with Gasteiger partial charge in [-0.2, -0.15) is 13.2 Å². The second kappa shape index (κ2) is 7.73. The van der Waals surface area contributed by atoms with Crippen molar-refractivity contribution in [3.8, 4) is 0 Å². The molecule has 0 aliphatic rings. The Morgan fingerprint density at radius 1 is 1.14 bits per heavy atom. The highest BCUT2D eigenvalue weighted by Gasteiger charge is 2.32. The minimum atomic E-state index is -4.60. The minimum Gasteiger partial charge on any atom is -0.321 e. The van der Waals surface area contributed by atoms with Gasteiger partial charge in [-0.25, -0.2) is 8.42 Å². The molecule has 0 atom stereocenters. The molecule has 1 N–H and O–H groups in total. The van der Waals surface area contributed by atoms with Crippen molar-refractivity contribution in [1.82, 2.24) is 9.59 Å². The van der Waals surface area contributed by atoms with E-state index >= 15 is 0 Å². The van der Waals surface area contributed by atoms with E-state index in [0.29, 0.717) is 16.6 Å². The number of alkyl halides is 3. The summed E-state index contributed by atoms with van der Waals surface area (Å²) < 4.78 is 67.6. The van der Waals surface area contributed by atoms with E-state index in [1.807, 2.05) is 0 Å². The molecule has 0 saturated heterocycles. The van der Waals surface area contributed by atoms with Crippen molar-refractivity contribution in [2.45, 2.75) is 22.2 Å². The second-order valence-electron chi connectivity index (χ2n) is 5.91. The first kappa shape index (κ1) is 21.2. The lowest BCUT2D eigenvalue weighted by atomic mass is 10.1. The molecular formula is C17H11ClF3N3O3S2. The van der Waals surface area contributed by atoms with Gasteiger partial charge in [0.25, 0.3) is 5.91 Å². The number of carbonyl (C=O) groups is 1. The monoisotopic (exact) mass is 461 g/mol. The maximum Gasteiger partial charge on any atom is 0.416 e. The SMILES string of the molecule is Cc1cc(NC(=O)c2nnsc2S(=O)(=O)c2ccc(Cl)cc2)cc(C(F)(F)F)c1. The Morgan fingerprint density at radius 3 is 2.41 bits per heavy atom. The van der Waals surface area contributed by atoms with Gasteiger partial charge in [0.2, 0.25) is 9.84 Å². The highest BCUT2D eigenvalue weighted by Crippen LogP contribution is 2.32. The average molecular weight is 462 g/mol. The van der Waals surface area contributed by atoms with Crippen molar-refractivity contribution >= 4 is 44.6 Å². The molecule has 3 aromatic rings. The third kappa shape index (κ3) is 4.57. The Morgan fingerprint density at radius 2 is 1.79 bits per heavy atom. The van der Waals surface area contributed by atoms with Crippen molar-refractivity contribution in [3.05, 3.63) is 64.3 Å². The summed E-state index contributed by atoms with van der Waals surface area (Å²) in [5.41, 5.74) is -1.34. The number of nitrogens with zero attached hydrogens (tertiary/aromatic N) is 2. The van der Waals surface area contributed by atoms with E-state index < -0.39 is 37.4 Å². The molecule has 6 nitrogen and oxygen atoms in total. The van der Waals surface area contributed by atoms with Crippen LogP contribution in [0.15, 0.2) is 51.6 Å². The Hall–Kier alpha value is -2.50. The molecule has 3 rings (SSSR count). The van der Waals surface area contributed by atoms with Gasteiger partial charge in [-0.05, 0) is 55.0 Å². The fourth-order valence-electron chi connectivity index (χ4n) is 2.43. The number of hydrogen-bond acceptors (Lipinski definition) is 6. The summed E-state index contributed by atoms with van der Waals surface area (Å²) in [5, 5.41) is 6.12. The van der Waals surface area contributed by atoms with Crippen LogP contribution in [0.4, 0.5) is 18.9 Å². The molecule has 152 valence electrons. The minimum absolute atomic E-state index is 0.128. The van der Waals surface area contributed by atoms with Gasteiger partial charge < -0.3 is 5.32 Å². The first-order chi connectivity index (χ1) is 13.5. The fourth-order valence-corrected chi connectivity index (χ4v) is 4.85. The van der Waals surface area contributed by atoms with Crippen LogP contribution >= 0.6 is 23.1 Å². The number of amides is 1. The number of nitrogens with one attached hydrogen (secondary N) is 1. The van der Waals surface area contributed by atoms with E-state index in [9.17, 15) is 26.4 Å². The number of sulfone groups is 1. The lowest BCUT2D eigenvalue weighted by Crippen LogP contribution is -2.17. The highest BCUT2D eigenvalue weighted by atomic mass is 35.5. The summed E-state index contributed by atoms with van der Waals surface area (Å²) in [4.78, 5) is 12.4. The third-order valence-corrected chi connectivity index (χ3v) is 6.93. The summed E-state index contributed by atoms with van der Waals surface area (Å²) in [7, 11) is -4.13. The molecule has 0 aliphatic heterocycles. The molecule has 1 amide bonds. The van der Waals surface area contributed by atoms with Crippen LogP contribution in [-0.4, -0.2) is 23.9 Å². The lowest BCUT2D eigenvalue weighted by molar-refractivity contribution is -0.137. The largest absolute Gasteiger partial charge is 0.416 e. The van der Waals surface area contributed by atoms with Gasteiger partial charge in [0.05, 0.1) is 10.5 Å². The van der Waals surface area contributed by atoms with Crippen LogP contribution in [0.25, 0.3) is 0 Å². The van der Waals surface area contributed by atoms with E-state index in [4.69, 9.17) is 11.6 Å². The van der Waals surface area contributed by atoms with E-state index in [-0.39, 0.29) is 16.1 Å². The van der Waals surface area contributed by atoms with Gasteiger partial charge in [0.1, 0.15) is 0 Å². The molecule has 12 heteroatoms. The fraction of sp³-hybridized carbons (Fsp3) is 0.118. The number of anilines is 1. The van der Waals surface area contributed by atoms with Gasteiger partial charge in [-0.15, -0.1) is 5.10 Å². The first-order valence-electron chi connectivity index (χ1n) is 7.82. The molecule has 0 aliphatic carbocycles. The van der Waals surface area contributed by atoms with Crippen molar-refractivity contribution in [2.24, 2.45) is 0 Å². The van der Waals surface area contributed by atoms with Crippen molar-refractivity contribution in [2.75, 3.05) is 5.32 Å². The summed E-state index contributed by atoms with van der Waals surface area (Å²) in [5.74, 6) is -0.995. The molecule has 29 heavy (non-hydrogen) atoms. The third-order valence-electron chi connectivity index (χ3n) is 3.70. The number of halogens is 4. The van der Waals surface area contributed by atoms with Gasteiger partial charge in [-0.1, -0.05) is 16.1 Å². The van der Waals surface area contributed by atoms with Crippen molar-refractivity contribution in [1.29, 1.82) is 0 Å². The van der Waals surface area contributed by atoms with Gasteiger partial charge in [0.15, 0.2) is 9.90 Å². The number of aryl methyl sites for hydroxylation is 1. The first-order valence-corrected chi connectivity index (χ1v) is 10.4. The predicted molar refractivity (Wildman–Crippen MR) is 101 cm³/mol. The van der Waals surface area contributed by atoms with E-state index in [1.54, 1.807) is 0 Å². The van der Waals surface area contributed by atoms with Crippen LogP contribution in [0.1, 0.15) is 21.6 Å². The molecule has 0 radical (unpaired) electrons. The van der Waals surface area contributed by atoms with Gasteiger partial charge >= 0.3 is 6.18 Å². The quantitative estimate of drug-likeness (QED) is 0.613. The number of carbonyl (C=O) groups excluding carboxylic acids is 1. The molecular weight excluding hydrogens is 451 g/mol. The predicted octanol–water partition coefficient (Wildman–Crippen LogP) is 4.60. The Kier molecular flexibility index (Phi) is 5.65. The molecule has 0 saturated carbocycles. The Labute approximate surface area is 172 Å². The zero-order valence-electron chi connectivity index (χ0n) is 14.5. The number of rotatable bonds is 4. The zero-order chi connectivity index (χ0) is 21.4. The molecule has 0 bridgehead atoms. The normalized spacial score (nSPS) is 12.0. The van der Waals surface area contributed by atoms with E-state index in [1.165, 1.54) is 37.3 Å². The summed E-state index contributed by atoms with van der Waals surface area (Å²) >= 11 is 6.24. The average Bonchev–Trinajstić information content (AvgIpc) is 3.11. The lowest BCUT2D eigenvalue weighted by Gasteiger charge is -2.11. The van der Waals surface area contributed by atoms with Gasteiger partial charge in [0, 0.05) is 22.2 Å². The number of benzene rings is 2. The highest BCUT2D eigenvalue weighted by molar-refractivity contribution is 7.93. The van der Waals surface area contributed by atoms with E-state index in [0.717, 1.165) is 12.1 Å². The molecule has 1 aromatic heterocycles. The van der Waals surface area contributed by atoms with Crippen LogP contribution in [-0.2, 0) is 16.0 Å². The standard InChI is InChI=1S/C17H11ClF3N3O3S2/c1-9-6-10(17(19,20)21)8-12(7-9)22-15(25)14-16(28-24-23-14)29(26,27)13-4-2-11(18)3-5-13/h2-8H,1H3,(H,22,25). The zero-order valence-corrected chi connectivity index (χ0v) is 16.9. The number of aromatic nitrogens is 2. The molecule has 1 heterocycles. The second-order valence-corrected chi connectivity index (χ2v) is 9.24. The van der Waals surface area contributed by atoms with Crippen molar-refractivity contribution < 1.29 is 26.4 Å². The van der Waals surface area contributed by atoms with Crippen LogP contribution in [0, 0.1) is 6.92 Å². The van der Waals surface area contributed by atoms with E-state index in [2.05, 4.69) is 14.9 Å². The maximum atomic E-state index is 13.0. The molecule has 0 unspecified atom stereocenters. The molecule has 2 aromatic carbocycles. The Bertz CT molecular complexity index is 1180. The Balaban J connectivity index is 1.94. The molecule has 0 fully saturated rings. The summed E-state index contributed by atoms with van der Waals surface area (Å²) in [6.45, 7) is 1.44. The topological polar surface area (TPSA) is 89.0 Å². The summed E-state index contributed by atoms with van der Waals surface area (Å²) in [6.07, 6.45) is -4.60. The van der Waals surface area contributed by atoms with Gasteiger partial charge in [-0.3, -0.25) is 4.79 Å². The van der Waals surface area contributed by atoms with Crippen LogP contribution < -0.4 is 5.32 Å². The van der Waals surface area contributed by atoms with Crippen LogP contribution in [0.5, 0.6) is 0 Å². The maximum absolute atomic E-state index is 13.0. The molecule has 0 spiro atoms. The van der Waals surface area contributed by atoms with Crippen LogP contribution in [0.3, 0.4) is 0 Å². The summed E-state index contributed by atoms with van der Waals surface area (Å²) in [6, 6.07) is 8.25. The van der Waals surface area contributed by atoms with Crippen LogP contribution in [0.2, 0.25) is 5.02 Å².